The van der Waals surface area contributed by atoms with Crippen molar-refractivity contribution in [1.29, 1.82) is 0 Å². The minimum absolute atomic E-state index is 0.0464. The number of nitrogens with zero attached hydrogens (tertiary/aromatic N) is 3. The van der Waals surface area contributed by atoms with Crippen LogP contribution in [0.25, 0.3) is 11.4 Å². The molecule has 0 bridgehead atoms. The van der Waals surface area contributed by atoms with Gasteiger partial charge in [-0.3, -0.25) is 4.79 Å². The summed E-state index contributed by atoms with van der Waals surface area (Å²) in [5.41, 5.74) is 1.62. The Morgan fingerprint density at radius 3 is 2.79 bits per heavy atom. The van der Waals surface area contributed by atoms with Gasteiger partial charge in [0, 0.05) is 18.5 Å². The molecule has 28 heavy (non-hydrogen) atoms. The van der Waals surface area contributed by atoms with Gasteiger partial charge in [-0.1, -0.05) is 17.3 Å². The van der Waals surface area contributed by atoms with Crippen LogP contribution in [0.5, 0.6) is 5.75 Å². The molecule has 1 aromatic heterocycles. The summed E-state index contributed by atoms with van der Waals surface area (Å²) < 4.78 is 24.4. The Hall–Kier alpha value is -2.74. The first-order chi connectivity index (χ1) is 13.5. The molecule has 144 valence electrons. The van der Waals surface area contributed by atoms with E-state index in [0.717, 1.165) is 11.3 Å². The maximum atomic E-state index is 13.5. The highest BCUT2D eigenvalue weighted by atomic mass is 79.9. The molecule has 2 heterocycles. The van der Waals surface area contributed by atoms with Gasteiger partial charge in [-0.05, 0) is 58.2 Å². The van der Waals surface area contributed by atoms with Crippen molar-refractivity contribution in [3.05, 3.63) is 64.2 Å². The van der Waals surface area contributed by atoms with Crippen molar-refractivity contribution >= 4 is 21.8 Å². The second kappa shape index (κ2) is 7.71. The molecule has 1 aliphatic rings. The van der Waals surface area contributed by atoms with E-state index in [1.165, 1.54) is 6.07 Å². The molecular formula is C20H17BrFN3O3. The van der Waals surface area contributed by atoms with Crippen LogP contribution in [0.4, 0.5) is 4.39 Å². The van der Waals surface area contributed by atoms with Crippen molar-refractivity contribution in [3.63, 3.8) is 0 Å². The van der Waals surface area contributed by atoms with E-state index in [1.807, 2.05) is 24.3 Å². The minimum Gasteiger partial charge on any atom is -0.497 e. The van der Waals surface area contributed by atoms with Gasteiger partial charge in [-0.25, -0.2) is 4.39 Å². The summed E-state index contributed by atoms with van der Waals surface area (Å²) in [6.07, 6.45) is 1.05. The van der Waals surface area contributed by atoms with Crippen LogP contribution in [0.1, 0.15) is 30.3 Å². The summed E-state index contributed by atoms with van der Waals surface area (Å²) in [6, 6.07) is 11.8. The first-order valence-corrected chi connectivity index (χ1v) is 9.56. The fourth-order valence-electron chi connectivity index (χ4n) is 3.24. The van der Waals surface area contributed by atoms with Crippen molar-refractivity contribution in [2.45, 2.75) is 25.4 Å². The fraction of sp³-hybridized carbons (Fsp3) is 0.250. The van der Waals surface area contributed by atoms with Gasteiger partial charge in [0.2, 0.25) is 17.6 Å². The maximum Gasteiger partial charge on any atom is 0.249 e. The number of carbonyl (C=O) groups excluding carboxylic acids is 1. The van der Waals surface area contributed by atoms with Gasteiger partial charge in [-0.15, -0.1) is 0 Å². The van der Waals surface area contributed by atoms with E-state index in [-0.39, 0.29) is 17.8 Å². The molecule has 2 aromatic carbocycles. The van der Waals surface area contributed by atoms with E-state index in [0.29, 0.717) is 41.1 Å². The van der Waals surface area contributed by atoms with Crippen LogP contribution in [0.2, 0.25) is 0 Å². The van der Waals surface area contributed by atoms with Crippen LogP contribution in [0.3, 0.4) is 0 Å². The second-order valence-corrected chi connectivity index (χ2v) is 7.36. The Labute approximate surface area is 169 Å². The van der Waals surface area contributed by atoms with Gasteiger partial charge >= 0.3 is 0 Å². The van der Waals surface area contributed by atoms with Crippen molar-refractivity contribution in [2.75, 3.05) is 7.11 Å². The zero-order chi connectivity index (χ0) is 19.7. The average Bonchev–Trinajstić information content (AvgIpc) is 3.32. The monoisotopic (exact) mass is 445 g/mol. The number of halogens is 2. The molecule has 1 aliphatic heterocycles. The quantitative estimate of drug-likeness (QED) is 0.577. The number of likely N-dealkylation sites (tertiary alicyclic amines) is 1. The van der Waals surface area contributed by atoms with Gasteiger partial charge in [0.05, 0.1) is 11.6 Å². The maximum absolute atomic E-state index is 13.5. The van der Waals surface area contributed by atoms with E-state index >= 15 is 0 Å². The molecule has 4 rings (SSSR count). The molecule has 6 nitrogen and oxygen atoms in total. The predicted octanol–water partition coefficient (Wildman–Crippen LogP) is 4.51. The normalized spacial score (nSPS) is 16.6. The largest absolute Gasteiger partial charge is 0.497 e. The fourth-order valence-corrected chi connectivity index (χ4v) is 3.62. The Balaban J connectivity index is 1.56. The standard InChI is InChI=1S/C20H17BrFN3O3/c1-27-14-5-2-12(3-6-14)11-25-17(8-9-18(25)26)20-23-19(24-28-20)13-4-7-16(22)15(21)10-13/h2-7,10,17H,8-9,11H2,1H3. The number of amides is 1. The van der Waals surface area contributed by atoms with E-state index in [9.17, 15) is 9.18 Å². The van der Waals surface area contributed by atoms with Gasteiger partial charge in [0.1, 0.15) is 17.6 Å². The average molecular weight is 446 g/mol. The van der Waals surface area contributed by atoms with Gasteiger partial charge in [0.25, 0.3) is 0 Å². The Bertz CT molecular complexity index is 1010. The third kappa shape index (κ3) is 3.64. The van der Waals surface area contributed by atoms with Crippen LogP contribution in [0.15, 0.2) is 51.5 Å². The Morgan fingerprint density at radius 2 is 2.07 bits per heavy atom. The van der Waals surface area contributed by atoms with Crippen LogP contribution >= 0.6 is 15.9 Å². The molecule has 1 saturated heterocycles. The molecule has 8 heteroatoms. The summed E-state index contributed by atoms with van der Waals surface area (Å²) >= 11 is 3.16. The Morgan fingerprint density at radius 1 is 1.29 bits per heavy atom. The summed E-state index contributed by atoms with van der Waals surface area (Å²) in [7, 11) is 1.61. The topological polar surface area (TPSA) is 68.5 Å². The lowest BCUT2D eigenvalue weighted by atomic mass is 10.1. The molecule has 0 radical (unpaired) electrons. The van der Waals surface area contributed by atoms with Gasteiger partial charge in [0.15, 0.2) is 0 Å². The highest BCUT2D eigenvalue weighted by molar-refractivity contribution is 9.10. The van der Waals surface area contributed by atoms with E-state index in [2.05, 4.69) is 26.1 Å². The summed E-state index contributed by atoms with van der Waals surface area (Å²) in [6.45, 7) is 0.452. The number of aromatic nitrogens is 2. The smallest absolute Gasteiger partial charge is 0.249 e. The Kier molecular flexibility index (Phi) is 5.13. The van der Waals surface area contributed by atoms with Crippen LogP contribution in [-0.2, 0) is 11.3 Å². The van der Waals surface area contributed by atoms with E-state index in [4.69, 9.17) is 9.26 Å². The lowest BCUT2D eigenvalue weighted by Crippen LogP contribution is -2.27. The molecule has 1 amide bonds. The first-order valence-electron chi connectivity index (χ1n) is 8.76. The van der Waals surface area contributed by atoms with Gasteiger partial charge < -0.3 is 14.2 Å². The molecule has 1 atom stereocenters. The molecular weight excluding hydrogens is 429 g/mol. The number of ether oxygens (including phenoxy) is 1. The summed E-state index contributed by atoms with van der Waals surface area (Å²) in [5.74, 6) is 1.19. The lowest BCUT2D eigenvalue weighted by Gasteiger charge is -2.22. The van der Waals surface area contributed by atoms with Crippen molar-refractivity contribution in [1.82, 2.24) is 15.0 Å². The second-order valence-electron chi connectivity index (χ2n) is 6.51. The zero-order valence-corrected chi connectivity index (χ0v) is 16.6. The molecule has 0 spiro atoms. The third-order valence-corrected chi connectivity index (χ3v) is 5.35. The molecule has 0 N–H and O–H groups in total. The summed E-state index contributed by atoms with van der Waals surface area (Å²) in [5, 5.41) is 4.01. The molecule has 0 saturated carbocycles. The number of methoxy groups -OCH3 is 1. The zero-order valence-electron chi connectivity index (χ0n) is 15.1. The molecule has 1 fully saturated rings. The lowest BCUT2D eigenvalue weighted by molar-refractivity contribution is -0.129. The first kappa shape index (κ1) is 18.6. The van der Waals surface area contributed by atoms with Crippen LogP contribution in [-0.4, -0.2) is 28.1 Å². The number of hydrogen-bond acceptors (Lipinski definition) is 5. The number of hydrogen-bond donors (Lipinski definition) is 0. The number of carbonyl (C=O) groups is 1. The number of rotatable bonds is 5. The predicted molar refractivity (Wildman–Crippen MR) is 103 cm³/mol. The highest BCUT2D eigenvalue weighted by Gasteiger charge is 2.36. The highest BCUT2D eigenvalue weighted by Crippen LogP contribution is 2.34. The van der Waals surface area contributed by atoms with Gasteiger partial charge in [-0.2, -0.15) is 4.98 Å². The van der Waals surface area contributed by atoms with Crippen LogP contribution < -0.4 is 4.74 Å². The molecule has 3 aromatic rings. The molecule has 1 unspecified atom stereocenters. The van der Waals surface area contributed by atoms with Crippen molar-refractivity contribution in [2.24, 2.45) is 0 Å². The summed E-state index contributed by atoms with van der Waals surface area (Å²) in [4.78, 5) is 18.6. The van der Waals surface area contributed by atoms with E-state index < -0.39 is 0 Å². The third-order valence-electron chi connectivity index (χ3n) is 4.74. The minimum atomic E-state index is -0.362. The SMILES string of the molecule is COc1ccc(CN2C(=O)CCC2c2nc(-c3ccc(F)c(Br)c3)no2)cc1. The number of benzene rings is 2. The van der Waals surface area contributed by atoms with Crippen molar-refractivity contribution < 1.29 is 18.4 Å². The van der Waals surface area contributed by atoms with Crippen molar-refractivity contribution in [3.8, 4) is 17.1 Å². The van der Waals surface area contributed by atoms with Crippen LogP contribution in [0, 0.1) is 5.82 Å². The van der Waals surface area contributed by atoms with E-state index in [1.54, 1.807) is 24.1 Å². The molecule has 0 aliphatic carbocycles.